The second kappa shape index (κ2) is 4.85. The zero-order valence-electron chi connectivity index (χ0n) is 7.54. The van der Waals surface area contributed by atoms with Crippen LogP contribution in [0.1, 0.15) is 18.2 Å². The summed E-state index contributed by atoms with van der Waals surface area (Å²) in [6.45, 7) is -0.196. The van der Waals surface area contributed by atoms with Gasteiger partial charge in [-0.1, -0.05) is 0 Å². The number of anilines is 1. The van der Waals surface area contributed by atoms with Gasteiger partial charge in [0.25, 0.3) is 0 Å². The molecule has 6 nitrogen and oxygen atoms in total. The third-order valence-corrected chi connectivity index (χ3v) is 1.79. The van der Waals surface area contributed by atoms with Crippen molar-refractivity contribution in [3.63, 3.8) is 0 Å². The van der Waals surface area contributed by atoms with Crippen molar-refractivity contribution in [2.45, 2.75) is 18.6 Å². The minimum absolute atomic E-state index is 0.0396. The van der Waals surface area contributed by atoms with Gasteiger partial charge in [-0.3, -0.25) is 0 Å². The molecule has 1 heterocycles. The number of aliphatic hydroxyl groups excluding tert-OH is 3. The van der Waals surface area contributed by atoms with Crippen LogP contribution in [0.15, 0.2) is 12.3 Å². The Morgan fingerprint density at radius 2 is 2.14 bits per heavy atom. The first-order valence-electron chi connectivity index (χ1n) is 4.20. The van der Waals surface area contributed by atoms with Crippen LogP contribution in [0.4, 0.5) is 5.95 Å². The highest BCUT2D eigenvalue weighted by atomic mass is 16.3. The molecule has 1 rings (SSSR count). The zero-order chi connectivity index (χ0) is 10.6. The van der Waals surface area contributed by atoms with E-state index in [2.05, 4.69) is 9.97 Å². The lowest BCUT2D eigenvalue weighted by molar-refractivity contribution is 0.00194. The van der Waals surface area contributed by atoms with Gasteiger partial charge < -0.3 is 21.1 Å². The van der Waals surface area contributed by atoms with Gasteiger partial charge >= 0.3 is 0 Å². The molecule has 0 amide bonds. The normalized spacial score (nSPS) is 15.1. The first kappa shape index (κ1) is 10.8. The standard InChI is InChI=1S/C8H13N3O3/c9-8-10-3-1-5(11-8)7(14)6(13)2-4-12/h1,3,6-7,12-14H,2,4H2,(H2,9,10,11). The Kier molecular flexibility index (Phi) is 3.75. The lowest BCUT2D eigenvalue weighted by Gasteiger charge is -2.15. The first-order valence-corrected chi connectivity index (χ1v) is 4.20. The molecule has 0 aliphatic carbocycles. The molecule has 0 radical (unpaired) electrons. The molecule has 0 fully saturated rings. The van der Waals surface area contributed by atoms with E-state index in [1.165, 1.54) is 12.3 Å². The van der Waals surface area contributed by atoms with Gasteiger partial charge in [0.1, 0.15) is 6.10 Å². The predicted molar refractivity (Wildman–Crippen MR) is 49.1 cm³/mol. The van der Waals surface area contributed by atoms with Gasteiger partial charge in [0.15, 0.2) is 0 Å². The van der Waals surface area contributed by atoms with Crippen molar-refractivity contribution >= 4 is 5.95 Å². The van der Waals surface area contributed by atoms with Crippen LogP contribution in [0.25, 0.3) is 0 Å². The molecular formula is C8H13N3O3. The van der Waals surface area contributed by atoms with Gasteiger partial charge in [0.2, 0.25) is 5.95 Å². The van der Waals surface area contributed by atoms with E-state index in [0.717, 1.165) is 0 Å². The summed E-state index contributed by atoms with van der Waals surface area (Å²) in [6.07, 6.45) is -0.709. The maximum absolute atomic E-state index is 9.54. The van der Waals surface area contributed by atoms with Crippen LogP contribution in [0.5, 0.6) is 0 Å². The Morgan fingerprint density at radius 1 is 1.43 bits per heavy atom. The maximum Gasteiger partial charge on any atom is 0.220 e. The highest BCUT2D eigenvalue weighted by Gasteiger charge is 2.19. The minimum Gasteiger partial charge on any atom is -0.396 e. The second-order valence-corrected chi connectivity index (χ2v) is 2.86. The van der Waals surface area contributed by atoms with Crippen LogP contribution >= 0.6 is 0 Å². The van der Waals surface area contributed by atoms with Gasteiger partial charge in [0, 0.05) is 12.8 Å². The maximum atomic E-state index is 9.54. The van der Waals surface area contributed by atoms with Crippen LogP contribution in [0.2, 0.25) is 0 Å². The highest BCUT2D eigenvalue weighted by Crippen LogP contribution is 2.16. The van der Waals surface area contributed by atoms with Crippen molar-refractivity contribution in [2.75, 3.05) is 12.3 Å². The van der Waals surface area contributed by atoms with Crippen molar-refractivity contribution in [3.05, 3.63) is 18.0 Å². The second-order valence-electron chi connectivity index (χ2n) is 2.86. The Morgan fingerprint density at radius 3 is 2.71 bits per heavy atom. The summed E-state index contributed by atoms with van der Waals surface area (Å²) in [5.41, 5.74) is 5.55. The molecule has 0 bridgehead atoms. The third-order valence-electron chi connectivity index (χ3n) is 1.79. The van der Waals surface area contributed by atoms with E-state index in [0.29, 0.717) is 0 Å². The van der Waals surface area contributed by atoms with Gasteiger partial charge in [-0.15, -0.1) is 0 Å². The fourth-order valence-corrected chi connectivity index (χ4v) is 1.04. The molecule has 78 valence electrons. The molecular weight excluding hydrogens is 186 g/mol. The molecule has 0 saturated heterocycles. The Balaban J connectivity index is 2.73. The molecule has 14 heavy (non-hydrogen) atoms. The molecule has 2 unspecified atom stereocenters. The summed E-state index contributed by atoms with van der Waals surface area (Å²) >= 11 is 0. The molecule has 0 saturated carbocycles. The van der Waals surface area contributed by atoms with Gasteiger partial charge in [-0.05, 0) is 12.5 Å². The van der Waals surface area contributed by atoms with Crippen molar-refractivity contribution in [1.82, 2.24) is 9.97 Å². The summed E-state index contributed by atoms with van der Waals surface area (Å²) < 4.78 is 0. The summed E-state index contributed by atoms with van der Waals surface area (Å²) in [5.74, 6) is 0.0396. The molecule has 0 aliphatic heterocycles. The third kappa shape index (κ3) is 2.63. The lowest BCUT2D eigenvalue weighted by Crippen LogP contribution is -2.20. The van der Waals surface area contributed by atoms with E-state index in [-0.39, 0.29) is 24.7 Å². The fraction of sp³-hybridized carbons (Fsp3) is 0.500. The fourth-order valence-electron chi connectivity index (χ4n) is 1.04. The summed E-state index contributed by atoms with van der Waals surface area (Å²) in [7, 11) is 0. The van der Waals surface area contributed by atoms with Crippen molar-refractivity contribution in [3.8, 4) is 0 Å². The monoisotopic (exact) mass is 199 g/mol. The average molecular weight is 199 g/mol. The highest BCUT2D eigenvalue weighted by molar-refractivity contribution is 5.19. The average Bonchev–Trinajstić information content (AvgIpc) is 2.17. The largest absolute Gasteiger partial charge is 0.396 e. The molecule has 0 aromatic carbocycles. The molecule has 2 atom stereocenters. The topological polar surface area (TPSA) is 112 Å². The number of hydrogen-bond acceptors (Lipinski definition) is 6. The molecule has 5 N–H and O–H groups in total. The van der Waals surface area contributed by atoms with Crippen LogP contribution in [0, 0.1) is 0 Å². The Hall–Kier alpha value is -1.24. The number of rotatable bonds is 4. The first-order chi connectivity index (χ1) is 6.65. The Bertz CT molecular complexity index is 295. The Labute approximate surface area is 81.1 Å². The smallest absolute Gasteiger partial charge is 0.220 e. The van der Waals surface area contributed by atoms with E-state index in [4.69, 9.17) is 10.8 Å². The predicted octanol–water partition coefficient (Wildman–Crippen LogP) is -1.16. The molecule has 1 aromatic heterocycles. The van der Waals surface area contributed by atoms with E-state index in [1.807, 2.05) is 0 Å². The number of aromatic nitrogens is 2. The van der Waals surface area contributed by atoms with Crippen LogP contribution in [0.3, 0.4) is 0 Å². The van der Waals surface area contributed by atoms with Gasteiger partial charge in [-0.25, -0.2) is 9.97 Å². The quantitative estimate of drug-likeness (QED) is 0.486. The molecule has 6 heteroatoms. The van der Waals surface area contributed by atoms with E-state index < -0.39 is 12.2 Å². The summed E-state index contributed by atoms with van der Waals surface area (Å²) in [4.78, 5) is 7.40. The number of nitrogens with two attached hydrogens (primary N) is 1. The molecule has 1 aromatic rings. The number of nitrogen functional groups attached to an aromatic ring is 1. The van der Waals surface area contributed by atoms with Crippen LogP contribution in [-0.4, -0.2) is 38.0 Å². The van der Waals surface area contributed by atoms with Crippen molar-refractivity contribution < 1.29 is 15.3 Å². The van der Waals surface area contributed by atoms with Gasteiger partial charge in [0.05, 0.1) is 11.8 Å². The van der Waals surface area contributed by atoms with Crippen molar-refractivity contribution in [1.29, 1.82) is 0 Å². The van der Waals surface area contributed by atoms with Crippen LogP contribution in [-0.2, 0) is 0 Å². The van der Waals surface area contributed by atoms with Gasteiger partial charge in [-0.2, -0.15) is 0 Å². The van der Waals surface area contributed by atoms with E-state index in [1.54, 1.807) is 0 Å². The minimum atomic E-state index is -1.15. The number of nitrogens with zero attached hydrogens (tertiary/aromatic N) is 2. The zero-order valence-corrected chi connectivity index (χ0v) is 7.54. The molecule has 0 spiro atoms. The molecule has 0 aliphatic rings. The SMILES string of the molecule is Nc1nccc(C(O)C(O)CCO)n1. The number of aliphatic hydroxyl groups is 3. The van der Waals surface area contributed by atoms with Crippen molar-refractivity contribution in [2.24, 2.45) is 0 Å². The van der Waals surface area contributed by atoms with Crippen LogP contribution < -0.4 is 5.73 Å². The van der Waals surface area contributed by atoms with E-state index >= 15 is 0 Å². The lowest BCUT2D eigenvalue weighted by atomic mass is 10.1. The summed E-state index contributed by atoms with van der Waals surface area (Å²) in [5, 5.41) is 27.4. The summed E-state index contributed by atoms with van der Waals surface area (Å²) in [6, 6.07) is 1.46. The van der Waals surface area contributed by atoms with E-state index in [9.17, 15) is 10.2 Å². The number of hydrogen-bond donors (Lipinski definition) is 4.